The number of phenolic OH excluding ortho intramolecular Hbond substituents is 1. The summed E-state index contributed by atoms with van der Waals surface area (Å²) in [6.07, 6.45) is 0. The molecular formula is C14H21NO4. The lowest BCUT2D eigenvalue weighted by Gasteiger charge is -2.19. The maximum atomic E-state index is 11.5. The molecule has 1 aromatic rings. The van der Waals surface area contributed by atoms with Gasteiger partial charge in [-0.05, 0) is 26.8 Å². The van der Waals surface area contributed by atoms with Crippen LogP contribution in [0.1, 0.15) is 26.3 Å². The van der Waals surface area contributed by atoms with Gasteiger partial charge in [0.25, 0.3) is 0 Å². The lowest BCUT2D eigenvalue weighted by Crippen LogP contribution is -2.31. The van der Waals surface area contributed by atoms with Crippen molar-refractivity contribution in [1.82, 2.24) is 5.32 Å². The van der Waals surface area contributed by atoms with Crippen LogP contribution in [0.3, 0.4) is 0 Å². The summed E-state index contributed by atoms with van der Waals surface area (Å²) in [6, 6.07) is 5.22. The van der Waals surface area contributed by atoms with Crippen molar-refractivity contribution in [2.75, 3.05) is 13.7 Å². The summed E-state index contributed by atoms with van der Waals surface area (Å²) in [5.74, 6) is 0.174. The number of para-hydroxylation sites is 1. The molecule has 0 radical (unpaired) electrons. The van der Waals surface area contributed by atoms with Crippen LogP contribution >= 0.6 is 0 Å². The van der Waals surface area contributed by atoms with Crippen molar-refractivity contribution in [2.24, 2.45) is 0 Å². The molecule has 0 fully saturated rings. The van der Waals surface area contributed by atoms with Crippen molar-refractivity contribution in [3.63, 3.8) is 0 Å². The number of phenols is 1. The Hall–Kier alpha value is -1.75. The molecule has 0 spiro atoms. The number of nitrogens with one attached hydrogen (secondary N) is 1. The highest BCUT2D eigenvalue weighted by atomic mass is 16.6. The van der Waals surface area contributed by atoms with Gasteiger partial charge in [0, 0.05) is 12.1 Å². The van der Waals surface area contributed by atoms with E-state index in [1.807, 2.05) is 20.8 Å². The Morgan fingerprint density at radius 1 is 1.37 bits per heavy atom. The first-order valence-corrected chi connectivity index (χ1v) is 6.11. The Bertz CT molecular complexity index is 438. The van der Waals surface area contributed by atoms with Gasteiger partial charge in [-0.1, -0.05) is 12.1 Å². The van der Waals surface area contributed by atoms with Crippen molar-refractivity contribution < 1.29 is 19.4 Å². The number of aromatic hydroxyl groups is 1. The van der Waals surface area contributed by atoms with Crippen LogP contribution in [-0.4, -0.2) is 30.3 Å². The van der Waals surface area contributed by atoms with Crippen molar-refractivity contribution in [3.05, 3.63) is 23.8 Å². The number of methoxy groups -OCH3 is 1. The summed E-state index contributed by atoms with van der Waals surface area (Å²) in [5, 5.41) is 12.8. The molecule has 0 aromatic heterocycles. The first kappa shape index (κ1) is 15.3. The Balaban J connectivity index is 2.48. The van der Waals surface area contributed by atoms with Gasteiger partial charge in [0.05, 0.1) is 13.7 Å². The number of carbonyl (C=O) groups is 1. The van der Waals surface area contributed by atoms with E-state index in [0.717, 1.165) is 0 Å². The maximum absolute atomic E-state index is 11.5. The van der Waals surface area contributed by atoms with E-state index in [9.17, 15) is 9.90 Å². The summed E-state index contributed by atoms with van der Waals surface area (Å²) < 4.78 is 10.2. The molecule has 2 N–H and O–H groups in total. The van der Waals surface area contributed by atoms with Crippen LogP contribution in [0.15, 0.2) is 18.2 Å². The van der Waals surface area contributed by atoms with Gasteiger partial charge in [-0.3, -0.25) is 4.79 Å². The van der Waals surface area contributed by atoms with Crippen molar-refractivity contribution >= 4 is 5.97 Å². The lowest BCUT2D eigenvalue weighted by molar-refractivity contribution is -0.153. The second-order valence-electron chi connectivity index (χ2n) is 5.16. The molecule has 0 aliphatic rings. The molecule has 19 heavy (non-hydrogen) atoms. The summed E-state index contributed by atoms with van der Waals surface area (Å²) in [6.45, 7) is 5.91. The predicted octanol–water partition coefficient (Wildman–Crippen LogP) is 1.83. The number of carbonyl (C=O) groups excluding carboxylic acids is 1. The number of hydrogen-bond donors (Lipinski definition) is 2. The summed E-state index contributed by atoms with van der Waals surface area (Å²) in [7, 11) is 1.49. The van der Waals surface area contributed by atoms with Gasteiger partial charge in [0.1, 0.15) is 5.60 Å². The summed E-state index contributed by atoms with van der Waals surface area (Å²) in [4.78, 5) is 11.5. The number of esters is 1. The zero-order valence-corrected chi connectivity index (χ0v) is 11.8. The zero-order chi connectivity index (χ0) is 14.5. The molecule has 0 amide bonds. The smallest absolute Gasteiger partial charge is 0.320 e. The molecule has 1 rings (SSSR count). The van der Waals surface area contributed by atoms with Gasteiger partial charge in [0.15, 0.2) is 11.5 Å². The topological polar surface area (TPSA) is 67.8 Å². The Morgan fingerprint density at radius 2 is 2.05 bits per heavy atom. The Labute approximate surface area is 113 Å². The fourth-order valence-electron chi connectivity index (χ4n) is 1.55. The molecule has 0 atom stereocenters. The highest BCUT2D eigenvalue weighted by molar-refractivity contribution is 5.72. The number of hydrogen-bond acceptors (Lipinski definition) is 5. The Morgan fingerprint density at radius 3 is 2.63 bits per heavy atom. The lowest BCUT2D eigenvalue weighted by atomic mass is 10.2. The minimum Gasteiger partial charge on any atom is -0.504 e. The van der Waals surface area contributed by atoms with Gasteiger partial charge in [-0.25, -0.2) is 0 Å². The van der Waals surface area contributed by atoms with E-state index in [0.29, 0.717) is 17.9 Å². The molecule has 0 heterocycles. The van der Waals surface area contributed by atoms with Gasteiger partial charge in [-0.15, -0.1) is 0 Å². The second-order valence-corrected chi connectivity index (χ2v) is 5.16. The predicted molar refractivity (Wildman–Crippen MR) is 72.2 cm³/mol. The second kappa shape index (κ2) is 6.43. The minimum absolute atomic E-state index is 0.0849. The van der Waals surface area contributed by atoms with Crippen molar-refractivity contribution in [2.45, 2.75) is 32.9 Å². The van der Waals surface area contributed by atoms with Crippen LogP contribution in [0.2, 0.25) is 0 Å². The molecular weight excluding hydrogens is 246 g/mol. The molecule has 0 aliphatic carbocycles. The summed E-state index contributed by atoms with van der Waals surface area (Å²) >= 11 is 0. The van der Waals surface area contributed by atoms with Gasteiger partial charge in [0.2, 0.25) is 0 Å². The third kappa shape index (κ3) is 5.18. The number of rotatable bonds is 5. The van der Waals surface area contributed by atoms with Crippen molar-refractivity contribution in [1.29, 1.82) is 0 Å². The maximum Gasteiger partial charge on any atom is 0.320 e. The van der Waals surface area contributed by atoms with Gasteiger partial charge in [-0.2, -0.15) is 0 Å². The van der Waals surface area contributed by atoms with Crippen LogP contribution in [0, 0.1) is 0 Å². The van der Waals surface area contributed by atoms with Crippen LogP contribution in [0.4, 0.5) is 0 Å². The largest absolute Gasteiger partial charge is 0.504 e. The van der Waals surface area contributed by atoms with Gasteiger partial charge >= 0.3 is 5.97 Å². The Kier molecular flexibility index (Phi) is 5.18. The fourth-order valence-corrected chi connectivity index (χ4v) is 1.55. The van der Waals surface area contributed by atoms with Crippen molar-refractivity contribution in [3.8, 4) is 11.5 Å². The van der Waals surface area contributed by atoms with E-state index in [2.05, 4.69) is 5.32 Å². The molecule has 0 saturated heterocycles. The average molecular weight is 267 g/mol. The molecule has 0 unspecified atom stereocenters. The molecule has 5 nitrogen and oxygen atoms in total. The molecule has 0 saturated carbocycles. The van der Waals surface area contributed by atoms with Gasteiger partial charge < -0.3 is 19.9 Å². The monoisotopic (exact) mass is 267 g/mol. The van der Waals surface area contributed by atoms with E-state index in [-0.39, 0.29) is 18.3 Å². The molecule has 0 bridgehead atoms. The first-order valence-electron chi connectivity index (χ1n) is 6.11. The first-order chi connectivity index (χ1) is 8.83. The highest BCUT2D eigenvalue weighted by Crippen LogP contribution is 2.28. The molecule has 106 valence electrons. The third-order valence-electron chi connectivity index (χ3n) is 2.31. The molecule has 0 aliphatic heterocycles. The van der Waals surface area contributed by atoms with Crippen LogP contribution in [0.5, 0.6) is 11.5 Å². The average Bonchev–Trinajstić information content (AvgIpc) is 2.29. The van der Waals surface area contributed by atoms with E-state index in [1.165, 1.54) is 7.11 Å². The van der Waals surface area contributed by atoms with E-state index >= 15 is 0 Å². The molecule has 1 aromatic carbocycles. The van der Waals surface area contributed by atoms with E-state index in [4.69, 9.17) is 9.47 Å². The summed E-state index contributed by atoms with van der Waals surface area (Å²) in [5.41, 5.74) is 0.180. The zero-order valence-electron chi connectivity index (χ0n) is 11.8. The quantitative estimate of drug-likeness (QED) is 0.797. The normalized spacial score (nSPS) is 11.2. The molecule has 5 heteroatoms. The van der Waals surface area contributed by atoms with E-state index < -0.39 is 5.60 Å². The van der Waals surface area contributed by atoms with E-state index in [1.54, 1.807) is 18.2 Å². The van der Waals surface area contributed by atoms with Crippen LogP contribution in [-0.2, 0) is 16.1 Å². The number of ether oxygens (including phenoxy) is 2. The van der Waals surface area contributed by atoms with Crippen LogP contribution in [0.25, 0.3) is 0 Å². The van der Waals surface area contributed by atoms with Crippen LogP contribution < -0.4 is 10.1 Å². The highest BCUT2D eigenvalue weighted by Gasteiger charge is 2.16. The number of benzene rings is 1. The standard InChI is InChI=1S/C14H21NO4/c1-14(2,3)19-12(16)9-15-8-10-6-5-7-11(18-4)13(10)17/h5-7,15,17H,8-9H2,1-4H3. The minimum atomic E-state index is -0.489. The fraction of sp³-hybridized carbons (Fsp3) is 0.500. The third-order valence-corrected chi connectivity index (χ3v) is 2.31. The SMILES string of the molecule is COc1cccc(CNCC(=O)OC(C)(C)C)c1O.